The van der Waals surface area contributed by atoms with Crippen LogP contribution < -0.4 is 5.32 Å². The van der Waals surface area contributed by atoms with E-state index in [0.717, 1.165) is 11.3 Å². The highest BCUT2D eigenvalue weighted by atomic mass is 79.9. The molecule has 1 heterocycles. The van der Waals surface area contributed by atoms with Gasteiger partial charge in [0, 0.05) is 9.85 Å². The molecular weight excluding hydrogens is 339 g/mol. The van der Waals surface area contributed by atoms with Gasteiger partial charge in [-0.1, -0.05) is 0 Å². The molecule has 0 atom stereocenters. The number of hydrogen-bond acceptors (Lipinski definition) is 4. The number of benzene rings is 1. The van der Waals surface area contributed by atoms with E-state index in [1.165, 1.54) is 23.6 Å². The lowest BCUT2D eigenvalue weighted by Gasteiger charge is -2.05. The zero-order chi connectivity index (χ0) is 14.0. The van der Waals surface area contributed by atoms with Gasteiger partial charge in [0.15, 0.2) is 10.7 Å². The van der Waals surface area contributed by atoms with Gasteiger partial charge in [-0.15, -0.1) is 11.3 Å². The summed E-state index contributed by atoms with van der Waals surface area (Å²) in [6.45, 7) is 0. The molecule has 0 aliphatic carbocycles. The highest BCUT2D eigenvalue weighted by Crippen LogP contribution is 2.24. The van der Waals surface area contributed by atoms with Crippen LogP contribution in [0.5, 0.6) is 0 Å². The Bertz CT molecular complexity index is 659. The van der Waals surface area contributed by atoms with Crippen LogP contribution in [0.25, 0.3) is 0 Å². The predicted molar refractivity (Wildman–Crippen MR) is 71.1 cm³/mol. The average Bonchev–Trinajstić information content (AvgIpc) is 2.82. The van der Waals surface area contributed by atoms with Gasteiger partial charge in [0.25, 0.3) is 5.91 Å². The number of thiazole rings is 1. The highest BCUT2D eigenvalue weighted by Gasteiger charge is 2.15. The molecule has 5 nitrogen and oxygen atoms in total. The summed E-state index contributed by atoms with van der Waals surface area (Å²) >= 11 is 4.03. The van der Waals surface area contributed by atoms with Crippen LogP contribution in [0.4, 0.5) is 10.1 Å². The van der Waals surface area contributed by atoms with E-state index in [2.05, 4.69) is 26.2 Å². The van der Waals surface area contributed by atoms with E-state index in [1.807, 2.05) is 0 Å². The van der Waals surface area contributed by atoms with Gasteiger partial charge in [-0.25, -0.2) is 14.2 Å². The molecule has 0 aliphatic rings. The van der Waals surface area contributed by atoms with Crippen molar-refractivity contribution < 1.29 is 19.1 Å². The van der Waals surface area contributed by atoms with Gasteiger partial charge in [-0.3, -0.25) is 4.79 Å². The molecular formula is C11H6BrFN2O3S. The molecule has 2 aromatic rings. The first-order valence-corrected chi connectivity index (χ1v) is 6.60. The SMILES string of the molecule is O=C(O)c1csc(C(=O)Nc2ccc(F)cc2Br)n1. The van der Waals surface area contributed by atoms with Gasteiger partial charge in [0.05, 0.1) is 5.69 Å². The summed E-state index contributed by atoms with van der Waals surface area (Å²) in [6, 6.07) is 3.80. The van der Waals surface area contributed by atoms with Crippen molar-refractivity contribution in [3.63, 3.8) is 0 Å². The third-order valence-corrected chi connectivity index (χ3v) is 3.59. The highest BCUT2D eigenvalue weighted by molar-refractivity contribution is 9.10. The minimum absolute atomic E-state index is 0.0219. The van der Waals surface area contributed by atoms with E-state index < -0.39 is 17.7 Å². The number of carboxylic acid groups (broad SMARTS) is 1. The Hall–Kier alpha value is -1.80. The van der Waals surface area contributed by atoms with E-state index in [-0.39, 0.29) is 10.7 Å². The summed E-state index contributed by atoms with van der Waals surface area (Å²) in [5.41, 5.74) is 0.187. The summed E-state index contributed by atoms with van der Waals surface area (Å²) in [6.07, 6.45) is 0. The number of hydrogen-bond donors (Lipinski definition) is 2. The summed E-state index contributed by atoms with van der Waals surface area (Å²) < 4.78 is 13.3. The number of anilines is 1. The van der Waals surface area contributed by atoms with Gasteiger partial charge in [0.1, 0.15) is 5.82 Å². The second-order valence-corrected chi connectivity index (χ2v) is 5.13. The quantitative estimate of drug-likeness (QED) is 0.896. The Morgan fingerprint density at radius 1 is 1.42 bits per heavy atom. The maximum Gasteiger partial charge on any atom is 0.355 e. The second kappa shape index (κ2) is 5.45. The lowest BCUT2D eigenvalue weighted by molar-refractivity contribution is 0.0691. The van der Waals surface area contributed by atoms with Crippen molar-refractivity contribution in [2.75, 3.05) is 5.32 Å². The van der Waals surface area contributed by atoms with Crippen LogP contribution in [0.1, 0.15) is 20.3 Å². The number of carbonyl (C=O) groups is 2. The monoisotopic (exact) mass is 344 g/mol. The van der Waals surface area contributed by atoms with Gasteiger partial charge >= 0.3 is 5.97 Å². The van der Waals surface area contributed by atoms with E-state index in [4.69, 9.17) is 5.11 Å². The van der Waals surface area contributed by atoms with Crippen molar-refractivity contribution in [3.8, 4) is 0 Å². The lowest BCUT2D eigenvalue weighted by Crippen LogP contribution is -2.12. The van der Waals surface area contributed by atoms with Crippen LogP contribution in [-0.4, -0.2) is 22.0 Å². The standard InChI is InChI=1S/C11H6BrFN2O3S/c12-6-3-5(13)1-2-7(6)14-9(16)10-15-8(4-19-10)11(17)18/h1-4H,(H,14,16)(H,17,18). The van der Waals surface area contributed by atoms with Crippen LogP contribution in [0, 0.1) is 5.82 Å². The Kier molecular flexibility index (Phi) is 3.91. The Labute approximate surface area is 119 Å². The zero-order valence-corrected chi connectivity index (χ0v) is 11.6. The van der Waals surface area contributed by atoms with Crippen LogP contribution >= 0.6 is 27.3 Å². The van der Waals surface area contributed by atoms with E-state index in [0.29, 0.717) is 10.2 Å². The lowest BCUT2D eigenvalue weighted by atomic mass is 10.3. The van der Waals surface area contributed by atoms with Gasteiger partial charge in [-0.2, -0.15) is 0 Å². The Morgan fingerprint density at radius 3 is 2.74 bits per heavy atom. The molecule has 8 heteroatoms. The normalized spacial score (nSPS) is 10.2. The van der Waals surface area contributed by atoms with Crippen LogP contribution in [0.2, 0.25) is 0 Å². The number of amides is 1. The number of nitrogens with one attached hydrogen (secondary N) is 1. The minimum atomic E-state index is -1.20. The molecule has 0 saturated carbocycles. The van der Waals surface area contributed by atoms with Crippen LogP contribution in [-0.2, 0) is 0 Å². The fourth-order valence-corrected chi connectivity index (χ4v) is 2.38. The molecule has 1 aromatic carbocycles. The molecule has 0 spiro atoms. The van der Waals surface area contributed by atoms with Crippen molar-refractivity contribution in [2.24, 2.45) is 0 Å². The molecule has 0 saturated heterocycles. The molecule has 0 aliphatic heterocycles. The number of halogens is 2. The Morgan fingerprint density at radius 2 is 2.16 bits per heavy atom. The molecule has 0 fully saturated rings. The average molecular weight is 345 g/mol. The first kappa shape index (κ1) is 13.6. The zero-order valence-electron chi connectivity index (χ0n) is 9.18. The number of aromatic carboxylic acids is 1. The molecule has 0 unspecified atom stereocenters. The third-order valence-electron chi connectivity index (χ3n) is 2.10. The topological polar surface area (TPSA) is 79.3 Å². The fraction of sp³-hybridized carbons (Fsp3) is 0. The van der Waals surface area contributed by atoms with E-state index >= 15 is 0 Å². The van der Waals surface area contributed by atoms with Crippen molar-refractivity contribution in [3.05, 3.63) is 44.6 Å². The summed E-state index contributed by atoms with van der Waals surface area (Å²) in [5, 5.41) is 12.5. The van der Waals surface area contributed by atoms with Gasteiger partial charge in [0.2, 0.25) is 0 Å². The number of aromatic nitrogens is 1. The molecule has 1 aromatic heterocycles. The number of rotatable bonds is 3. The molecule has 2 N–H and O–H groups in total. The predicted octanol–water partition coefficient (Wildman–Crippen LogP) is 3.00. The van der Waals surface area contributed by atoms with Crippen LogP contribution in [0.15, 0.2) is 28.1 Å². The minimum Gasteiger partial charge on any atom is -0.476 e. The molecule has 0 radical (unpaired) electrons. The van der Waals surface area contributed by atoms with Gasteiger partial charge < -0.3 is 10.4 Å². The summed E-state index contributed by atoms with van der Waals surface area (Å²) in [4.78, 5) is 26.1. The third kappa shape index (κ3) is 3.15. The first-order chi connectivity index (χ1) is 8.97. The molecule has 0 bridgehead atoms. The first-order valence-electron chi connectivity index (χ1n) is 4.92. The number of nitrogens with zero attached hydrogens (tertiary/aromatic N) is 1. The number of carbonyl (C=O) groups excluding carboxylic acids is 1. The fourth-order valence-electron chi connectivity index (χ4n) is 1.24. The number of carboxylic acids is 1. The van der Waals surface area contributed by atoms with Gasteiger partial charge in [-0.05, 0) is 34.1 Å². The van der Waals surface area contributed by atoms with Crippen LogP contribution in [0.3, 0.4) is 0 Å². The molecule has 2 rings (SSSR count). The van der Waals surface area contributed by atoms with E-state index in [9.17, 15) is 14.0 Å². The van der Waals surface area contributed by atoms with Crippen molar-refractivity contribution in [2.45, 2.75) is 0 Å². The summed E-state index contributed by atoms with van der Waals surface area (Å²) in [7, 11) is 0. The maximum absolute atomic E-state index is 12.9. The van der Waals surface area contributed by atoms with Crippen molar-refractivity contribution in [1.29, 1.82) is 0 Å². The molecule has 98 valence electrons. The van der Waals surface area contributed by atoms with Crippen molar-refractivity contribution in [1.82, 2.24) is 4.98 Å². The molecule has 1 amide bonds. The van der Waals surface area contributed by atoms with E-state index in [1.54, 1.807) is 0 Å². The Balaban J connectivity index is 2.18. The maximum atomic E-state index is 12.9. The summed E-state index contributed by atoms with van der Waals surface area (Å²) in [5.74, 6) is -2.18. The smallest absolute Gasteiger partial charge is 0.355 e. The van der Waals surface area contributed by atoms with Crippen molar-refractivity contribution >= 4 is 44.8 Å². The largest absolute Gasteiger partial charge is 0.476 e. The second-order valence-electron chi connectivity index (χ2n) is 3.42. The molecule has 19 heavy (non-hydrogen) atoms.